The van der Waals surface area contributed by atoms with E-state index in [4.69, 9.17) is 5.73 Å². The molecule has 9 heteroatoms. The third-order valence-electron chi connectivity index (χ3n) is 3.67. The number of esters is 2. The Bertz CT molecular complexity index is 662. The molecule has 1 aromatic carbocycles. The number of nitrogens with two attached hydrogens (primary N) is 1. The van der Waals surface area contributed by atoms with Crippen LogP contribution < -0.4 is 11.1 Å². The molecule has 8 nitrogen and oxygen atoms in total. The van der Waals surface area contributed by atoms with Crippen molar-refractivity contribution in [1.29, 1.82) is 0 Å². The number of amides is 2. The first-order valence-corrected chi connectivity index (χ1v) is 7.24. The van der Waals surface area contributed by atoms with Crippen LogP contribution in [0.25, 0.3) is 0 Å². The SMILES string of the molecule is COC(=O)C(C(=O)OC)[C@H](C)[C@@H](NC(=O)c1ccccc1F)C(N)=O. The highest BCUT2D eigenvalue weighted by Crippen LogP contribution is 2.20. The van der Waals surface area contributed by atoms with Crippen molar-refractivity contribution in [1.82, 2.24) is 5.32 Å². The number of carbonyl (C=O) groups excluding carboxylic acids is 4. The number of benzene rings is 1. The number of carbonyl (C=O) groups is 4. The Morgan fingerprint density at radius 3 is 2.04 bits per heavy atom. The fourth-order valence-corrected chi connectivity index (χ4v) is 2.30. The second-order valence-corrected chi connectivity index (χ2v) is 5.22. The van der Waals surface area contributed by atoms with Gasteiger partial charge in [-0.05, 0) is 12.1 Å². The summed E-state index contributed by atoms with van der Waals surface area (Å²) in [5.41, 5.74) is 4.96. The first-order valence-electron chi connectivity index (χ1n) is 7.24. The van der Waals surface area contributed by atoms with Gasteiger partial charge in [0.05, 0.1) is 19.8 Å². The van der Waals surface area contributed by atoms with Crippen LogP contribution >= 0.6 is 0 Å². The van der Waals surface area contributed by atoms with Crippen LogP contribution in [0.2, 0.25) is 0 Å². The van der Waals surface area contributed by atoms with Gasteiger partial charge in [0, 0.05) is 5.92 Å². The number of rotatable bonds is 7. The molecule has 1 rings (SSSR count). The average molecular weight is 354 g/mol. The zero-order valence-corrected chi connectivity index (χ0v) is 13.9. The maximum atomic E-state index is 13.7. The van der Waals surface area contributed by atoms with Gasteiger partial charge in [0.25, 0.3) is 5.91 Å². The van der Waals surface area contributed by atoms with Gasteiger partial charge in [0.2, 0.25) is 5.91 Å². The molecule has 0 bridgehead atoms. The van der Waals surface area contributed by atoms with E-state index in [2.05, 4.69) is 14.8 Å². The highest BCUT2D eigenvalue weighted by atomic mass is 19.1. The molecular weight excluding hydrogens is 335 g/mol. The minimum atomic E-state index is -1.49. The predicted molar refractivity (Wildman–Crippen MR) is 83.5 cm³/mol. The summed E-state index contributed by atoms with van der Waals surface area (Å²) in [4.78, 5) is 47.6. The monoisotopic (exact) mass is 354 g/mol. The van der Waals surface area contributed by atoms with E-state index in [9.17, 15) is 23.6 Å². The minimum absolute atomic E-state index is 0.311. The average Bonchev–Trinajstić information content (AvgIpc) is 2.58. The molecule has 0 aliphatic carbocycles. The number of halogens is 1. The van der Waals surface area contributed by atoms with Crippen LogP contribution in [0.1, 0.15) is 17.3 Å². The Kier molecular flexibility index (Phi) is 7.04. The number of hydrogen-bond donors (Lipinski definition) is 2. The second kappa shape index (κ2) is 8.76. The van der Waals surface area contributed by atoms with Gasteiger partial charge < -0.3 is 20.5 Å². The van der Waals surface area contributed by atoms with Crippen LogP contribution in [0, 0.1) is 17.7 Å². The predicted octanol–water partition coefficient (Wildman–Crippen LogP) is 0.00770. The van der Waals surface area contributed by atoms with Crippen LogP contribution in [0.15, 0.2) is 24.3 Å². The van der Waals surface area contributed by atoms with Crippen molar-refractivity contribution in [2.45, 2.75) is 13.0 Å². The molecule has 0 heterocycles. The lowest BCUT2D eigenvalue weighted by atomic mass is 9.86. The van der Waals surface area contributed by atoms with Gasteiger partial charge in [0.1, 0.15) is 11.9 Å². The summed E-state index contributed by atoms with van der Waals surface area (Å²) in [5, 5.41) is 2.24. The molecule has 0 aliphatic heterocycles. The molecular formula is C16H19FN2O6. The Hall–Kier alpha value is -2.97. The fourth-order valence-electron chi connectivity index (χ4n) is 2.30. The van der Waals surface area contributed by atoms with Crippen molar-refractivity contribution in [3.63, 3.8) is 0 Å². The molecule has 0 aliphatic rings. The molecule has 136 valence electrons. The molecule has 2 atom stereocenters. The van der Waals surface area contributed by atoms with Gasteiger partial charge >= 0.3 is 11.9 Å². The van der Waals surface area contributed by atoms with Gasteiger partial charge in [-0.3, -0.25) is 19.2 Å². The topological polar surface area (TPSA) is 125 Å². The van der Waals surface area contributed by atoms with E-state index in [1.54, 1.807) is 0 Å². The lowest BCUT2D eigenvalue weighted by molar-refractivity contribution is -0.161. The highest BCUT2D eigenvalue weighted by molar-refractivity contribution is 5.99. The quantitative estimate of drug-likeness (QED) is 0.525. The summed E-state index contributed by atoms with van der Waals surface area (Å²) in [5.74, 6) is -7.20. The number of primary amides is 1. The van der Waals surface area contributed by atoms with Crippen molar-refractivity contribution in [3.8, 4) is 0 Å². The molecule has 2 amide bonds. The number of ether oxygens (including phenoxy) is 2. The Morgan fingerprint density at radius 2 is 1.60 bits per heavy atom. The normalized spacial score (nSPS) is 12.8. The molecule has 0 spiro atoms. The smallest absolute Gasteiger partial charge is 0.320 e. The van der Waals surface area contributed by atoms with E-state index < -0.39 is 47.4 Å². The number of nitrogens with one attached hydrogen (secondary N) is 1. The molecule has 0 saturated carbocycles. The minimum Gasteiger partial charge on any atom is -0.468 e. The first kappa shape index (κ1) is 20.1. The van der Waals surface area contributed by atoms with Crippen LogP contribution in [-0.2, 0) is 23.9 Å². The number of hydrogen-bond acceptors (Lipinski definition) is 6. The van der Waals surface area contributed by atoms with Crippen molar-refractivity contribution < 1.29 is 33.0 Å². The summed E-state index contributed by atoms with van der Waals surface area (Å²) in [7, 11) is 2.12. The molecule has 0 unspecified atom stereocenters. The third kappa shape index (κ3) is 4.75. The Morgan fingerprint density at radius 1 is 1.08 bits per heavy atom. The Balaban J connectivity index is 3.11. The van der Waals surface area contributed by atoms with Crippen LogP contribution in [0.5, 0.6) is 0 Å². The Labute approximate surface area is 143 Å². The van der Waals surface area contributed by atoms with Crippen LogP contribution in [0.3, 0.4) is 0 Å². The molecule has 0 fully saturated rings. The molecule has 1 aromatic rings. The highest BCUT2D eigenvalue weighted by Gasteiger charge is 2.41. The van der Waals surface area contributed by atoms with Crippen molar-refractivity contribution >= 4 is 23.8 Å². The van der Waals surface area contributed by atoms with Crippen LogP contribution in [-0.4, -0.2) is 44.0 Å². The standard InChI is InChI=1S/C16H19FN2O6/c1-8(11(15(22)24-2)16(23)25-3)12(13(18)20)19-14(21)9-6-4-5-7-10(9)17/h4-8,11-12H,1-3H3,(H2,18,20)(H,19,21)/t8-,12+/m0/s1. The molecule has 0 aromatic heterocycles. The van der Waals surface area contributed by atoms with Crippen molar-refractivity contribution in [3.05, 3.63) is 35.6 Å². The summed E-state index contributed by atoms with van der Waals surface area (Å²) in [6.07, 6.45) is 0. The van der Waals surface area contributed by atoms with Crippen molar-refractivity contribution in [2.24, 2.45) is 17.6 Å². The van der Waals surface area contributed by atoms with Crippen LogP contribution in [0.4, 0.5) is 4.39 Å². The first-order chi connectivity index (χ1) is 11.7. The van der Waals surface area contributed by atoms with Gasteiger partial charge in [-0.2, -0.15) is 0 Å². The molecule has 25 heavy (non-hydrogen) atoms. The molecule has 0 radical (unpaired) electrons. The second-order valence-electron chi connectivity index (χ2n) is 5.22. The van der Waals surface area contributed by atoms with E-state index in [0.717, 1.165) is 20.3 Å². The van der Waals surface area contributed by atoms with E-state index in [-0.39, 0.29) is 5.56 Å². The zero-order chi connectivity index (χ0) is 19.1. The zero-order valence-electron chi connectivity index (χ0n) is 13.9. The van der Waals surface area contributed by atoms with Gasteiger partial charge in [0.15, 0.2) is 5.92 Å². The lowest BCUT2D eigenvalue weighted by Crippen LogP contribution is -2.53. The third-order valence-corrected chi connectivity index (χ3v) is 3.67. The van der Waals surface area contributed by atoms with E-state index in [0.29, 0.717) is 0 Å². The fraction of sp³-hybridized carbons (Fsp3) is 0.375. The van der Waals surface area contributed by atoms with Crippen molar-refractivity contribution in [2.75, 3.05) is 14.2 Å². The number of methoxy groups -OCH3 is 2. The maximum Gasteiger partial charge on any atom is 0.320 e. The van der Waals surface area contributed by atoms with E-state index in [1.807, 2.05) is 0 Å². The van der Waals surface area contributed by atoms with Gasteiger partial charge in [-0.25, -0.2) is 4.39 Å². The summed E-state index contributed by atoms with van der Waals surface area (Å²) >= 11 is 0. The lowest BCUT2D eigenvalue weighted by Gasteiger charge is -2.26. The van der Waals surface area contributed by atoms with E-state index in [1.165, 1.54) is 25.1 Å². The maximum absolute atomic E-state index is 13.7. The van der Waals surface area contributed by atoms with E-state index >= 15 is 0 Å². The van der Waals surface area contributed by atoms with Gasteiger partial charge in [-0.1, -0.05) is 19.1 Å². The summed E-state index contributed by atoms with van der Waals surface area (Å²) < 4.78 is 22.8. The molecule has 3 N–H and O–H groups in total. The molecule has 0 saturated heterocycles. The van der Waals surface area contributed by atoms with Gasteiger partial charge in [-0.15, -0.1) is 0 Å². The largest absolute Gasteiger partial charge is 0.468 e. The summed E-state index contributed by atoms with van der Waals surface area (Å²) in [6, 6.07) is 3.68. The summed E-state index contributed by atoms with van der Waals surface area (Å²) in [6.45, 7) is 1.34.